The van der Waals surface area contributed by atoms with E-state index in [1.807, 2.05) is 0 Å². The second kappa shape index (κ2) is 6.86. The first-order valence-electron chi connectivity index (χ1n) is 6.95. The molecule has 5 nitrogen and oxygen atoms in total. The Morgan fingerprint density at radius 1 is 0.958 bits per heavy atom. The Bertz CT molecular complexity index is 891. The Labute approximate surface area is 148 Å². The molecule has 24 heavy (non-hydrogen) atoms. The van der Waals surface area contributed by atoms with Crippen LogP contribution in [0.5, 0.6) is 0 Å². The van der Waals surface area contributed by atoms with Gasteiger partial charge >= 0.3 is 0 Å². The maximum atomic E-state index is 11.7. The summed E-state index contributed by atoms with van der Waals surface area (Å²) >= 11 is 11.9. The molecule has 0 radical (unpaired) electrons. The van der Waals surface area contributed by atoms with Crippen LogP contribution in [0.2, 0.25) is 10.0 Å². The van der Waals surface area contributed by atoms with Crippen LogP contribution in [0.3, 0.4) is 0 Å². The number of benzene rings is 2. The van der Waals surface area contributed by atoms with Gasteiger partial charge in [-0.2, -0.15) is 0 Å². The molecule has 120 valence electrons. The number of anilines is 1. The molecular weight excluding hydrogens is 349 g/mol. The second-order valence-electron chi connectivity index (χ2n) is 4.95. The number of ketones is 1. The third kappa shape index (κ3) is 3.82. The van der Waals surface area contributed by atoms with Gasteiger partial charge in [-0.05, 0) is 36.4 Å². The van der Waals surface area contributed by atoms with Crippen LogP contribution in [0.4, 0.5) is 11.4 Å². The minimum Gasteiger partial charge on any atom is -0.352 e. The Morgan fingerprint density at radius 3 is 2.38 bits per heavy atom. The van der Waals surface area contributed by atoms with Gasteiger partial charge in [0, 0.05) is 21.8 Å². The summed E-state index contributed by atoms with van der Waals surface area (Å²) in [5.74, 6) is -1.18. The number of hydrogen-bond donors (Lipinski definition) is 2. The number of nitrogens with one attached hydrogen (secondary N) is 2. The predicted molar refractivity (Wildman–Crippen MR) is 94.9 cm³/mol. The SMILES string of the molecule is O=C1C=C(Nc2cccc(Cl)c2)C(=Nc2cccc(Cl)c2)NC1=O. The van der Waals surface area contributed by atoms with Crippen LogP contribution in [0.1, 0.15) is 0 Å². The molecule has 2 aromatic carbocycles. The molecule has 1 amide bonds. The minimum atomic E-state index is -0.743. The summed E-state index contributed by atoms with van der Waals surface area (Å²) in [5, 5.41) is 6.57. The highest BCUT2D eigenvalue weighted by atomic mass is 35.5. The molecular formula is C17H11Cl2N3O2. The Hall–Kier alpha value is -2.63. The molecule has 3 rings (SSSR count). The summed E-state index contributed by atoms with van der Waals surface area (Å²) < 4.78 is 0. The lowest BCUT2D eigenvalue weighted by Gasteiger charge is -2.18. The Balaban J connectivity index is 1.97. The predicted octanol–water partition coefficient (Wildman–Crippen LogP) is 3.72. The normalized spacial score (nSPS) is 15.9. The van der Waals surface area contributed by atoms with E-state index >= 15 is 0 Å². The third-order valence-corrected chi connectivity index (χ3v) is 3.61. The van der Waals surface area contributed by atoms with Crippen molar-refractivity contribution in [3.63, 3.8) is 0 Å². The highest BCUT2D eigenvalue weighted by molar-refractivity contribution is 6.47. The molecule has 0 aromatic heterocycles. The highest BCUT2D eigenvalue weighted by Gasteiger charge is 2.24. The summed E-state index contributed by atoms with van der Waals surface area (Å²) in [6.45, 7) is 0. The summed E-state index contributed by atoms with van der Waals surface area (Å²) in [6, 6.07) is 13.8. The first kappa shape index (κ1) is 16.2. The van der Waals surface area contributed by atoms with E-state index in [9.17, 15) is 9.59 Å². The summed E-state index contributed by atoms with van der Waals surface area (Å²) in [4.78, 5) is 27.7. The summed E-state index contributed by atoms with van der Waals surface area (Å²) in [7, 11) is 0. The number of halogens is 2. The van der Waals surface area contributed by atoms with Gasteiger partial charge in [-0.15, -0.1) is 0 Å². The van der Waals surface area contributed by atoms with Crippen molar-refractivity contribution in [1.82, 2.24) is 5.32 Å². The molecule has 7 heteroatoms. The maximum Gasteiger partial charge on any atom is 0.297 e. The van der Waals surface area contributed by atoms with Gasteiger partial charge in [0.05, 0.1) is 11.4 Å². The number of nitrogens with zero attached hydrogens (tertiary/aromatic N) is 1. The summed E-state index contributed by atoms with van der Waals surface area (Å²) in [5.41, 5.74) is 1.57. The Morgan fingerprint density at radius 2 is 1.67 bits per heavy atom. The van der Waals surface area contributed by atoms with Gasteiger partial charge in [-0.25, -0.2) is 4.99 Å². The molecule has 2 aromatic rings. The van der Waals surface area contributed by atoms with Crippen molar-refractivity contribution in [3.05, 3.63) is 70.3 Å². The zero-order valence-electron chi connectivity index (χ0n) is 12.2. The van der Waals surface area contributed by atoms with E-state index in [0.29, 0.717) is 27.1 Å². The van der Waals surface area contributed by atoms with Crippen molar-refractivity contribution in [2.24, 2.45) is 4.99 Å². The van der Waals surface area contributed by atoms with Crippen LogP contribution in [-0.4, -0.2) is 17.5 Å². The van der Waals surface area contributed by atoms with Gasteiger partial charge in [0.15, 0.2) is 5.84 Å². The van der Waals surface area contributed by atoms with E-state index < -0.39 is 11.7 Å². The molecule has 1 aliphatic heterocycles. The molecule has 2 N–H and O–H groups in total. The minimum absolute atomic E-state index is 0.224. The topological polar surface area (TPSA) is 70.6 Å². The highest BCUT2D eigenvalue weighted by Crippen LogP contribution is 2.21. The first-order valence-corrected chi connectivity index (χ1v) is 7.71. The monoisotopic (exact) mass is 359 g/mol. The van der Waals surface area contributed by atoms with Crippen LogP contribution in [-0.2, 0) is 9.59 Å². The maximum absolute atomic E-state index is 11.7. The molecule has 0 bridgehead atoms. The average molecular weight is 360 g/mol. The molecule has 1 aliphatic rings. The van der Waals surface area contributed by atoms with Crippen LogP contribution in [0, 0.1) is 0 Å². The van der Waals surface area contributed by atoms with E-state index in [1.54, 1.807) is 48.5 Å². The van der Waals surface area contributed by atoms with E-state index in [1.165, 1.54) is 6.08 Å². The molecule has 1 heterocycles. The fourth-order valence-corrected chi connectivity index (χ4v) is 2.46. The summed E-state index contributed by atoms with van der Waals surface area (Å²) in [6.07, 6.45) is 1.20. The fraction of sp³-hybridized carbons (Fsp3) is 0. The number of carbonyl (C=O) groups is 2. The van der Waals surface area contributed by atoms with Gasteiger partial charge in [-0.3, -0.25) is 9.59 Å². The van der Waals surface area contributed by atoms with Crippen molar-refractivity contribution < 1.29 is 9.59 Å². The van der Waals surface area contributed by atoms with Crippen molar-refractivity contribution in [3.8, 4) is 0 Å². The third-order valence-electron chi connectivity index (χ3n) is 3.14. The van der Waals surface area contributed by atoms with E-state index in [4.69, 9.17) is 23.2 Å². The van der Waals surface area contributed by atoms with Gasteiger partial charge in [0.25, 0.3) is 5.91 Å². The second-order valence-corrected chi connectivity index (χ2v) is 5.82. The van der Waals surface area contributed by atoms with Gasteiger partial charge in [-0.1, -0.05) is 35.3 Å². The van der Waals surface area contributed by atoms with Crippen LogP contribution < -0.4 is 10.6 Å². The average Bonchev–Trinajstić information content (AvgIpc) is 2.52. The van der Waals surface area contributed by atoms with Crippen molar-refractivity contribution >= 4 is 52.1 Å². The van der Waals surface area contributed by atoms with Crippen molar-refractivity contribution in [2.45, 2.75) is 0 Å². The van der Waals surface area contributed by atoms with Crippen LogP contribution in [0.15, 0.2) is 65.3 Å². The van der Waals surface area contributed by atoms with E-state index in [0.717, 1.165) is 0 Å². The molecule has 0 saturated heterocycles. The first-order chi connectivity index (χ1) is 11.5. The van der Waals surface area contributed by atoms with Gasteiger partial charge < -0.3 is 10.6 Å². The van der Waals surface area contributed by atoms with E-state index in [2.05, 4.69) is 15.6 Å². The van der Waals surface area contributed by atoms with E-state index in [-0.39, 0.29) is 5.84 Å². The lowest BCUT2D eigenvalue weighted by atomic mass is 10.2. The lowest BCUT2D eigenvalue weighted by molar-refractivity contribution is -0.134. The van der Waals surface area contributed by atoms with Crippen molar-refractivity contribution in [2.75, 3.05) is 5.32 Å². The van der Waals surface area contributed by atoms with Gasteiger partial charge in [0.2, 0.25) is 5.78 Å². The Kier molecular flexibility index (Phi) is 4.64. The molecule has 0 saturated carbocycles. The number of hydrogen-bond acceptors (Lipinski definition) is 4. The number of amides is 1. The zero-order valence-corrected chi connectivity index (χ0v) is 13.7. The number of amidine groups is 1. The number of rotatable bonds is 3. The van der Waals surface area contributed by atoms with Crippen molar-refractivity contribution in [1.29, 1.82) is 0 Å². The lowest BCUT2D eigenvalue weighted by Crippen LogP contribution is -2.42. The fourth-order valence-electron chi connectivity index (χ4n) is 2.08. The standard InChI is InChI=1S/C17H11Cl2N3O2/c18-10-3-1-5-12(7-10)20-14-9-15(23)17(24)22-16(14)21-13-6-2-4-11(19)8-13/h1-9,20H,(H,21,22,24). The smallest absolute Gasteiger partial charge is 0.297 e. The zero-order chi connectivity index (χ0) is 17.1. The molecule has 0 unspecified atom stereocenters. The van der Waals surface area contributed by atoms with Gasteiger partial charge in [0.1, 0.15) is 0 Å². The quantitative estimate of drug-likeness (QED) is 0.820. The molecule has 0 fully saturated rings. The van der Waals surface area contributed by atoms with Crippen LogP contribution in [0.25, 0.3) is 0 Å². The molecule has 0 spiro atoms. The molecule has 0 aliphatic carbocycles. The largest absolute Gasteiger partial charge is 0.352 e. The number of carbonyl (C=O) groups excluding carboxylic acids is 2. The van der Waals surface area contributed by atoms with Crippen LogP contribution >= 0.6 is 23.2 Å². The number of aliphatic imine (C=N–C) groups is 1. The molecule has 0 atom stereocenters.